The van der Waals surface area contributed by atoms with Gasteiger partial charge in [-0.2, -0.15) is 0 Å². The molecule has 0 aliphatic rings. The van der Waals surface area contributed by atoms with Crippen LogP contribution in [0, 0.1) is 11.3 Å². The van der Waals surface area contributed by atoms with Gasteiger partial charge in [-0.25, -0.2) is 0 Å². The minimum absolute atomic E-state index is 0.00968. The van der Waals surface area contributed by atoms with Crippen LogP contribution in [0.3, 0.4) is 0 Å². The first kappa shape index (κ1) is 15.6. The molecule has 0 aromatic heterocycles. The zero-order valence-corrected chi connectivity index (χ0v) is 11.5. The zero-order valence-electron chi connectivity index (χ0n) is 11.5. The van der Waals surface area contributed by atoms with E-state index in [4.69, 9.17) is 0 Å². The van der Waals surface area contributed by atoms with Gasteiger partial charge in [0.1, 0.15) is 6.10 Å². The Hall–Kier alpha value is -0.370. The van der Waals surface area contributed by atoms with Crippen LogP contribution >= 0.6 is 0 Å². The Morgan fingerprint density at radius 1 is 1.25 bits per heavy atom. The van der Waals surface area contributed by atoms with Crippen LogP contribution in [0.2, 0.25) is 0 Å². The molecule has 0 amide bonds. The molecule has 0 saturated carbocycles. The van der Waals surface area contributed by atoms with Gasteiger partial charge in [0.2, 0.25) is 0 Å². The Balaban J connectivity index is 4.19. The molecule has 2 unspecified atom stereocenters. The van der Waals surface area contributed by atoms with E-state index in [0.29, 0.717) is 12.3 Å². The van der Waals surface area contributed by atoms with Gasteiger partial charge in [0.15, 0.2) is 5.78 Å². The minimum atomic E-state index is -0.817. The first-order chi connectivity index (χ1) is 7.32. The van der Waals surface area contributed by atoms with E-state index in [1.165, 1.54) is 12.8 Å². The SMILES string of the molecule is CCCCC(CC)CC(=O)C(O)C(C)(C)C. The van der Waals surface area contributed by atoms with Gasteiger partial charge >= 0.3 is 0 Å². The summed E-state index contributed by atoms with van der Waals surface area (Å²) in [4.78, 5) is 11.9. The lowest BCUT2D eigenvalue weighted by Crippen LogP contribution is -2.35. The molecule has 1 N–H and O–H groups in total. The molecule has 16 heavy (non-hydrogen) atoms. The monoisotopic (exact) mass is 228 g/mol. The Morgan fingerprint density at radius 2 is 1.81 bits per heavy atom. The second-order valence-corrected chi connectivity index (χ2v) is 5.86. The quantitative estimate of drug-likeness (QED) is 0.723. The lowest BCUT2D eigenvalue weighted by Gasteiger charge is -2.26. The topological polar surface area (TPSA) is 37.3 Å². The number of carbonyl (C=O) groups excluding carboxylic acids is 1. The summed E-state index contributed by atoms with van der Waals surface area (Å²) >= 11 is 0. The normalized spacial score (nSPS) is 15.9. The predicted octanol–water partition coefficient (Wildman–Crippen LogP) is 3.57. The maximum atomic E-state index is 11.9. The van der Waals surface area contributed by atoms with Gasteiger partial charge in [-0.05, 0) is 11.3 Å². The summed E-state index contributed by atoms with van der Waals surface area (Å²) in [5.41, 5.74) is -0.333. The van der Waals surface area contributed by atoms with Gasteiger partial charge in [-0.3, -0.25) is 4.79 Å². The van der Waals surface area contributed by atoms with E-state index in [1.54, 1.807) is 0 Å². The van der Waals surface area contributed by atoms with Crippen molar-refractivity contribution in [2.24, 2.45) is 11.3 Å². The molecule has 96 valence electrons. The van der Waals surface area contributed by atoms with Crippen LogP contribution in [0.5, 0.6) is 0 Å². The van der Waals surface area contributed by atoms with E-state index in [9.17, 15) is 9.90 Å². The summed E-state index contributed by atoms with van der Waals surface area (Å²) in [5.74, 6) is 0.458. The highest BCUT2D eigenvalue weighted by molar-refractivity contribution is 5.83. The fourth-order valence-corrected chi connectivity index (χ4v) is 1.82. The summed E-state index contributed by atoms with van der Waals surface area (Å²) in [6.45, 7) is 10.0. The van der Waals surface area contributed by atoms with Gasteiger partial charge in [0, 0.05) is 6.42 Å². The predicted molar refractivity (Wildman–Crippen MR) is 68.4 cm³/mol. The zero-order chi connectivity index (χ0) is 12.8. The second-order valence-electron chi connectivity index (χ2n) is 5.86. The smallest absolute Gasteiger partial charge is 0.162 e. The number of Topliss-reactive ketones (excluding diaryl/α,β-unsaturated/α-hetero) is 1. The molecule has 2 heteroatoms. The molecule has 0 rings (SSSR count). The fourth-order valence-electron chi connectivity index (χ4n) is 1.82. The van der Waals surface area contributed by atoms with E-state index in [0.717, 1.165) is 12.8 Å². The molecule has 0 aromatic rings. The van der Waals surface area contributed by atoms with Crippen molar-refractivity contribution in [1.29, 1.82) is 0 Å². The number of rotatable bonds is 7. The Bertz CT molecular complexity index is 203. The van der Waals surface area contributed by atoms with Gasteiger partial charge in [0.05, 0.1) is 0 Å². The van der Waals surface area contributed by atoms with Crippen molar-refractivity contribution in [2.45, 2.75) is 72.8 Å². The molecule has 0 radical (unpaired) electrons. The maximum absolute atomic E-state index is 11.9. The molecule has 0 aliphatic heterocycles. The summed E-state index contributed by atoms with van der Waals surface area (Å²) < 4.78 is 0. The number of ketones is 1. The summed E-state index contributed by atoms with van der Waals surface area (Å²) in [6, 6.07) is 0. The molecule has 0 spiro atoms. The van der Waals surface area contributed by atoms with E-state index < -0.39 is 6.10 Å². The molecule has 0 aromatic carbocycles. The molecule has 0 heterocycles. The fraction of sp³-hybridized carbons (Fsp3) is 0.929. The van der Waals surface area contributed by atoms with Gasteiger partial charge in [-0.15, -0.1) is 0 Å². The van der Waals surface area contributed by atoms with Gasteiger partial charge in [-0.1, -0.05) is 60.3 Å². The van der Waals surface area contributed by atoms with E-state index in [1.807, 2.05) is 20.8 Å². The third-order valence-corrected chi connectivity index (χ3v) is 3.16. The summed E-state index contributed by atoms with van der Waals surface area (Å²) in [5, 5.41) is 9.87. The summed E-state index contributed by atoms with van der Waals surface area (Å²) in [7, 11) is 0. The largest absolute Gasteiger partial charge is 0.385 e. The second kappa shape index (κ2) is 7.05. The maximum Gasteiger partial charge on any atom is 0.162 e. The summed E-state index contributed by atoms with van der Waals surface area (Å²) in [6.07, 6.45) is 4.21. The number of aliphatic hydroxyl groups excluding tert-OH is 1. The van der Waals surface area contributed by atoms with Crippen molar-refractivity contribution in [2.75, 3.05) is 0 Å². The molecule has 0 fully saturated rings. The number of carbonyl (C=O) groups is 1. The lowest BCUT2D eigenvalue weighted by atomic mass is 9.82. The van der Waals surface area contributed by atoms with Crippen LogP contribution in [-0.2, 0) is 4.79 Å². The molecule has 0 aliphatic carbocycles. The Labute approximate surface area is 100 Å². The molecule has 2 nitrogen and oxygen atoms in total. The average molecular weight is 228 g/mol. The molecule has 0 bridgehead atoms. The van der Waals surface area contributed by atoms with Crippen molar-refractivity contribution >= 4 is 5.78 Å². The average Bonchev–Trinajstić information content (AvgIpc) is 2.21. The highest BCUT2D eigenvalue weighted by Gasteiger charge is 2.29. The van der Waals surface area contributed by atoms with E-state index in [2.05, 4.69) is 13.8 Å². The Morgan fingerprint density at radius 3 is 2.19 bits per heavy atom. The lowest BCUT2D eigenvalue weighted by molar-refractivity contribution is -0.133. The van der Waals surface area contributed by atoms with Crippen LogP contribution in [0.1, 0.15) is 66.7 Å². The highest BCUT2D eigenvalue weighted by atomic mass is 16.3. The van der Waals surface area contributed by atoms with Crippen molar-refractivity contribution in [1.82, 2.24) is 0 Å². The third kappa shape index (κ3) is 5.64. The molecular formula is C14H28O2. The van der Waals surface area contributed by atoms with Crippen LogP contribution in [0.4, 0.5) is 0 Å². The van der Waals surface area contributed by atoms with Crippen LogP contribution < -0.4 is 0 Å². The standard InChI is InChI=1S/C14H28O2/c1-6-8-9-11(7-2)10-12(15)13(16)14(3,4)5/h11,13,16H,6-10H2,1-5H3. The van der Waals surface area contributed by atoms with Crippen molar-refractivity contribution in [3.63, 3.8) is 0 Å². The van der Waals surface area contributed by atoms with E-state index >= 15 is 0 Å². The van der Waals surface area contributed by atoms with E-state index in [-0.39, 0.29) is 11.2 Å². The molecular weight excluding hydrogens is 200 g/mol. The van der Waals surface area contributed by atoms with Gasteiger partial charge in [0.25, 0.3) is 0 Å². The van der Waals surface area contributed by atoms with Gasteiger partial charge < -0.3 is 5.11 Å². The van der Waals surface area contributed by atoms with Crippen molar-refractivity contribution < 1.29 is 9.90 Å². The minimum Gasteiger partial charge on any atom is -0.385 e. The number of aliphatic hydroxyl groups is 1. The number of hydrogen-bond donors (Lipinski definition) is 1. The van der Waals surface area contributed by atoms with Crippen molar-refractivity contribution in [3.8, 4) is 0 Å². The van der Waals surface area contributed by atoms with Crippen LogP contribution in [0.15, 0.2) is 0 Å². The molecule has 2 atom stereocenters. The van der Waals surface area contributed by atoms with Crippen LogP contribution in [0.25, 0.3) is 0 Å². The first-order valence-electron chi connectivity index (χ1n) is 6.53. The number of hydrogen-bond acceptors (Lipinski definition) is 2. The highest BCUT2D eigenvalue weighted by Crippen LogP contribution is 2.24. The van der Waals surface area contributed by atoms with Crippen molar-refractivity contribution in [3.05, 3.63) is 0 Å². The first-order valence-corrected chi connectivity index (χ1v) is 6.53. The van der Waals surface area contributed by atoms with Crippen LogP contribution in [-0.4, -0.2) is 17.0 Å². The number of unbranched alkanes of at least 4 members (excludes halogenated alkanes) is 1. The Kier molecular flexibility index (Phi) is 6.89. The third-order valence-electron chi connectivity index (χ3n) is 3.16. The molecule has 0 saturated heterocycles.